The lowest BCUT2D eigenvalue weighted by Gasteiger charge is -2.28. The lowest BCUT2D eigenvalue weighted by atomic mass is 10.1. The Hall–Kier alpha value is -2.16. The maximum atomic E-state index is 12.6. The molecule has 0 spiro atoms. The number of ether oxygens (including phenoxy) is 3. The Kier molecular flexibility index (Phi) is 8.69. The summed E-state index contributed by atoms with van der Waals surface area (Å²) in [5.41, 5.74) is 2.58. The van der Waals surface area contributed by atoms with Crippen molar-refractivity contribution in [1.82, 2.24) is 4.90 Å². The summed E-state index contributed by atoms with van der Waals surface area (Å²) < 4.78 is 15.6. The summed E-state index contributed by atoms with van der Waals surface area (Å²) in [5.74, 6) is -0.311. The number of nitrogens with zero attached hydrogens (tertiary/aromatic N) is 2. The van der Waals surface area contributed by atoms with Gasteiger partial charge in [0.05, 0.1) is 6.10 Å². The first kappa shape index (κ1) is 22.1. The molecule has 0 radical (unpaired) electrons. The van der Waals surface area contributed by atoms with Gasteiger partial charge < -0.3 is 29.3 Å². The van der Waals surface area contributed by atoms with Gasteiger partial charge in [-0.15, -0.1) is 0 Å². The van der Waals surface area contributed by atoms with Crippen molar-refractivity contribution < 1.29 is 23.8 Å². The second-order valence-corrected chi connectivity index (χ2v) is 7.06. The van der Waals surface area contributed by atoms with Crippen molar-refractivity contribution in [2.45, 2.75) is 25.5 Å². The molecule has 0 aliphatic carbocycles. The molecule has 2 amide bonds. The lowest BCUT2D eigenvalue weighted by Crippen LogP contribution is -2.39. The largest absolute Gasteiger partial charge is 0.377 e. The highest BCUT2D eigenvalue weighted by atomic mass is 16.5. The maximum Gasteiger partial charge on any atom is 0.250 e. The van der Waals surface area contributed by atoms with Crippen LogP contribution < -0.4 is 10.2 Å². The van der Waals surface area contributed by atoms with E-state index in [9.17, 15) is 9.59 Å². The molecular weight excluding hydrogens is 362 g/mol. The van der Waals surface area contributed by atoms with E-state index in [0.29, 0.717) is 18.8 Å². The summed E-state index contributed by atoms with van der Waals surface area (Å²) in [5, 5.41) is 2.81. The van der Waals surface area contributed by atoms with Crippen LogP contribution >= 0.6 is 0 Å². The Balaban J connectivity index is 2.23. The number of hydrogen-bond donors (Lipinski definition) is 1. The molecule has 2 rings (SSSR count). The van der Waals surface area contributed by atoms with Crippen LogP contribution in [0, 0.1) is 0 Å². The van der Waals surface area contributed by atoms with E-state index in [2.05, 4.69) is 5.32 Å². The highest BCUT2D eigenvalue weighted by molar-refractivity contribution is 5.92. The van der Waals surface area contributed by atoms with Gasteiger partial charge in [0.2, 0.25) is 11.8 Å². The van der Waals surface area contributed by atoms with Crippen LogP contribution in [0.25, 0.3) is 0 Å². The van der Waals surface area contributed by atoms with E-state index in [1.807, 2.05) is 37.2 Å². The van der Waals surface area contributed by atoms with Crippen LogP contribution in [0.4, 0.5) is 11.4 Å². The molecule has 8 nitrogen and oxygen atoms in total. The standard InChI is InChI=1S/C20H31N3O5/c1-22(2)18-8-7-16(21-19(24)13-26-3)10-15(18)11-23(20(25)14-27-4)12-17-6-5-9-28-17/h7-8,10,17H,5-6,9,11-14H2,1-4H3,(H,21,24)/t17-/m1/s1. The third kappa shape index (κ3) is 6.47. The van der Waals surface area contributed by atoms with Crippen LogP contribution in [0.5, 0.6) is 0 Å². The number of carbonyl (C=O) groups is 2. The van der Waals surface area contributed by atoms with Gasteiger partial charge in [0.25, 0.3) is 0 Å². The highest BCUT2D eigenvalue weighted by Crippen LogP contribution is 2.25. The Morgan fingerprint density at radius 2 is 1.96 bits per heavy atom. The summed E-state index contributed by atoms with van der Waals surface area (Å²) in [6, 6.07) is 5.67. The molecule has 0 aromatic heterocycles. The number of hydrogen-bond acceptors (Lipinski definition) is 6. The number of carbonyl (C=O) groups excluding carboxylic acids is 2. The van der Waals surface area contributed by atoms with Crippen molar-refractivity contribution >= 4 is 23.2 Å². The van der Waals surface area contributed by atoms with Gasteiger partial charge in [-0.1, -0.05) is 0 Å². The van der Waals surface area contributed by atoms with E-state index < -0.39 is 0 Å². The molecule has 1 N–H and O–H groups in total. The predicted octanol–water partition coefficient (Wildman–Crippen LogP) is 1.49. The molecule has 28 heavy (non-hydrogen) atoms. The monoisotopic (exact) mass is 393 g/mol. The maximum absolute atomic E-state index is 12.6. The van der Waals surface area contributed by atoms with Crippen molar-refractivity contribution in [3.05, 3.63) is 23.8 Å². The molecule has 1 heterocycles. The fourth-order valence-electron chi connectivity index (χ4n) is 3.26. The molecule has 1 aromatic rings. The Labute approximate surface area is 166 Å². The average Bonchev–Trinajstić information content (AvgIpc) is 3.14. The molecule has 156 valence electrons. The molecule has 1 aromatic carbocycles. The summed E-state index contributed by atoms with van der Waals surface area (Å²) in [6.45, 7) is 1.68. The van der Waals surface area contributed by atoms with Gasteiger partial charge in [0, 0.05) is 59.4 Å². The van der Waals surface area contributed by atoms with Crippen LogP contribution in [0.15, 0.2) is 18.2 Å². The van der Waals surface area contributed by atoms with E-state index >= 15 is 0 Å². The van der Waals surface area contributed by atoms with Crippen molar-refractivity contribution in [3.8, 4) is 0 Å². The van der Waals surface area contributed by atoms with E-state index in [0.717, 1.165) is 30.7 Å². The molecule has 1 saturated heterocycles. The molecule has 0 bridgehead atoms. The number of benzene rings is 1. The Morgan fingerprint density at radius 1 is 1.21 bits per heavy atom. The van der Waals surface area contributed by atoms with E-state index in [-0.39, 0.29) is 31.1 Å². The molecule has 1 aliphatic heterocycles. The van der Waals surface area contributed by atoms with Crippen LogP contribution in [0.2, 0.25) is 0 Å². The molecule has 1 atom stereocenters. The first-order valence-electron chi connectivity index (χ1n) is 9.42. The van der Waals surface area contributed by atoms with Crippen molar-refractivity contribution in [2.75, 3.05) is 64.9 Å². The topological polar surface area (TPSA) is 80.3 Å². The van der Waals surface area contributed by atoms with Gasteiger partial charge >= 0.3 is 0 Å². The number of anilines is 2. The zero-order valence-corrected chi connectivity index (χ0v) is 17.2. The van der Waals surface area contributed by atoms with Gasteiger partial charge in [-0.25, -0.2) is 0 Å². The summed E-state index contributed by atoms with van der Waals surface area (Å²) in [6.07, 6.45) is 2.01. The van der Waals surface area contributed by atoms with Gasteiger partial charge in [0.1, 0.15) is 13.2 Å². The molecular formula is C20H31N3O5. The second kappa shape index (κ2) is 11.0. The fourth-order valence-corrected chi connectivity index (χ4v) is 3.26. The minimum Gasteiger partial charge on any atom is -0.377 e. The number of rotatable bonds is 10. The van der Waals surface area contributed by atoms with E-state index in [4.69, 9.17) is 14.2 Å². The zero-order valence-electron chi connectivity index (χ0n) is 17.2. The SMILES string of the molecule is COCC(=O)Nc1ccc(N(C)C)c(CN(C[C@H]2CCCO2)C(=O)COC)c1. The van der Waals surface area contributed by atoms with Crippen LogP contribution in [0.1, 0.15) is 18.4 Å². The van der Waals surface area contributed by atoms with E-state index in [1.165, 1.54) is 14.2 Å². The van der Waals surface area contributed by atoms with Gasteiger partial charge in [-0.3, -0.25) is 9.59 Å². The third-order valence-electron chi connectivity index (χ3n) is 4.55. The highest BCUT2D eigenvalue weighted by Gasteiger charge is 2.24. The fraction of sp³-hybridized carbons (Fsp3) is 0.600. The molecule has 0 saturated carbocycles. The van der Waals surface area contributed by atoms with Crippen molar-refractivity contribution in [1.29, 1.82) is 0 Å². The molecule has 1 fully saturated rings. The first-order chi connectivity index (χ1) is 13.4. The van der Waals surface area contributed by atoms with Crippen molar-refractivity contribution in [2.24, 2.45) is 0 Å². The minimum atomic E-state index is -0.224. The van der Waals surface area contributed by atoms with Crippen LogP contribution in [0.3, 0.4) is 0 Å². The third-order valence-corrected chi connectivity index (χ3v) is 4.55. The summed E-state index contributed by atoms with van der Waals surface area (Å²) >= 11 is 0. The smallest absolute Gasteiger partial charge is 0.250 e. The summed E-state index contributed by atoms with van der Waals surface area (Å²) in [7, 11) is 6.89. The van der Waals surface area contributed by atoms with Crippen molar-refractivity contribution in [3.63, 3.8) is 0 Å². The average molecular weight is 393 g/mol. The number of amides is 2. The quantitative estimate of drug-likeness (QED) is 0.649. The Bertz CT molecular complexity index is 659. The van der Waals surface area contributed by atoms with E-state index in [1.54, 1.807) is 4.90 Å². The van der Waals surface area contributed by atoms with Gasteiger partial charge in [0.15, 0.2) is 0 Å². The molecule has 8 heteroatoms. The van der Waals surface area contributed by atoms with Crippen LogP contribution in [-0.4, -0.2) is 77.5 Å². The normalized spacial score (nSPS) is 16.1. The van der Waals surface area contributed by atoms with Gasteiger partial charge in [-0.2, -0.15) is 0 Å². The Morgan fingerprint density at radius 3 is 2.57 bits per heavy atom. The summed E-state index contributed by atoms with van der Waals surface area (Å²) in [4.78, 5) is 28.2. The van der Waals surface area contributed by atoms with Crippen LogP contribution in [-0.2, 0) is 30.3 Å². The zero-order chi connectivity index (χ0) is 20.5. The number of nitrogens with one attached hydrogen (secondary N) is 1. The second-order valence-electron chi connectivity index (χ2n) is 7.06. The first-order valence-corrected chi connectivity index (χ1v) is 9.42. The number of methoxy groups -OCH3 is 2. The molecule has 1 aliphatic rings. The predicted molar refractivity (Wildman–Crippen MR) is 108 cm³/mol. The van der Waals surface area contributed by atoms with Gasteiger partial charge in [-0.05, 0) is 36.6 Å². The minimum absolute atomic E-state index is 0.0117. The lowest BCUT2D eigenvalue weighted by molar-refractivity contribution is -0.137. The molecule has 0 unspecified atom stereocenters.